The van der Waals surface area contributed by atoms with Gasteiger partial charge in [-0.2, -0.15) is 0 Å². The Morgan fingerprint density at radius 3 is 2.23 bits per heavy atom. The monoisotopic (exact) mass is 293 g/mol. The molecule has 2 heteroatoms. The summed E-state index contributed by atoms with van der Waals surface area (Å²) in [5, 5.41) is 0. The molecule has 0 unspecified atom stereocenters. The molecule has 114 valence electrons. The topological polar surface area (TPSA) is 20.3 Å². The molecule has 0 aliphatic rings. The second-order valence-corrected chi connectivity index (χ2v) is 5.36. The normalized spacial score (nSPS) is 10.2. The van der Waals surface area contributed by atoms with E-state index in [1.165, 1.54) is 0 Å². The van der Waals surface area contributed by atoms with Crippen LogP contribution in [0.15, 0.2) is 73.3 Å². The molecule has 0 atom stereocenters. The first-order valence-electron chi connectivity index (χ1n) is 7.80. The molecule has 2 rings (SSSR count). The van der Waals surface area contributed by atoms with Crippen molar-refractivity contribution in [3.63, 3.8) is 0 Å². The van der Waals surface area contributed by atoms with Crippen LogP contribution in [0, 0.1) is 0 Å². The molecule has 0 saturated carbocycles. The van der Waals surface area contributed by atoms with Crippen LogP contribution in [0.4, 0.5) is 0 Å². The van der Waals surface area contributed by atoms with Gasteiger partial charge < -0.3 is 4.90 Å². The molecule has 2 aromatic rings. The van der Waals surface area contributed by atoms with Crippen molar-refractivity contribution in [3.05, 3.63) is 84.4 Å². The Morgan fingerprint density at radius 1 is 0.955 bits per heavy atom. The van der Waals surface area contributed by atoms with Gasteiger partial charge in [-0.05, 0) is 37.0 Å². The molecule has 0 heterocycles. The Morgan fingerprint density at radius 2 is 1.59 bits per heavy atom. The number of allylic oxidation sites excluding steroid dienone is 1. The fraction of sp³-hybridized carbons (Fsp3) is 0.250. The predicted molar refractivity (Wildman–Crippen MR) is 91.7 cm³/mol. The lowest BCUT2D eigenvalue weighted by Crippen LogP contribution is -2.31. The first kappa shape index (κ1) is 16.0. The quantitative estimate of drug-likeness (QED) is 0.511. The second kappa shape index (κ2) is 8.83. The van der Waals surface area contributed by atoms with E-state index < -0.39 is 0 Å². The third-order valence-electron chi connectivity index (χ3n) is 3.61. The molecule has 22 heavy (non-hydrogen) atoms. The molecule has 2 aromatic carbocycles. The number of carbonyl (C=O) groups excluding carboxylic acids is 1. The number of carbonyl (C=O) groups is 1. The minimum absolute atomic E-state index is 0.100. The van der Waals surface area contributed by atoms with Crippen molar-refractivity contribution in [2.45, 2.75) is 25.8 Å². The van der Waals surface area contributed by atoms with Crippen LogP contribution in [0.2, 0.25) is 0 Å². The molecular weight excluding hydrogens is 270 g/mol. The van der Waals surface area contributed by atoms with Crippen molar-refractivity contribution in [2.24, 2.45) is 0 Å². The van der Waals surface area contributed by atoms with Crippen molar-refractivity contribution >= 4 is 5.91 Å². The highest BCUT2D eigenvalue weighted by Gasteiger charge is 2.15. The molecule has 0 fully saturated rings. The zero-order valence-electron chi connectivity index (χ0n) is 12.9. The molecule has 0 bridgehead atoms. The van der Waals surface area contributed by atoms with Crippen LogP contribution in [0.1, 0.15) is 35.2 Å². The Kier molecular flexibility index (Phi) is 6.43. The first-order chi connectivity index (χ1) is 10.8. The van der Waals surface area contributed by atoms with Crippen LogP contribution in [-0.4, -0.2) is 17.4 Å². The van der Waals surface area contributed by atoms with Gasteiger partial charge in [-0.25, -0.2) is 0 Å². The van der Waals surface area contributed by atoms with E-state index in [1.54, 1.807) is 0 Å². The summed E-state index contributed by atoms with van der Waals surface area (Å²) in [6.45, 7) is 5.18. The van der Waals surface area contributed by atoms with Gasteiger partial charge in [-0.3, -0.25) is 4.79 Å². The highest BCUT2D eigenvalue weighted by atomic mass is 16.2. The maximum absolute atomic E-state index is 12.7. The van der Waals surface area contributed by atoms with E-state index in [2.05, 4.69) is 18.7 Å². The summed E-state index contributed by atoms with van der Waals surface area (Å²) in [7, 11) is 0. The van der Waals surface area contributed by atoms with Gasteiger partial charge >= 0.3 is 0 Å². The molecule has 2 nitrogen and oxygen atoms in total. The fourth-order valence-corrected chi connectivity index (χ4v) is 2.41. The summed E-state index contributed by atoms with van der Waals surface area (Å²) in [6.07, 6.45) is 4.99. The summed E-state index contributed by atoms with van der Waals surface area (Å²) in [5.74, 6) is 0.100. The average molecular weight is 293 g/mol. The second-order valence-electron chi connectivity index (χ2n) is 5.36. The molecule has 0 saturated heterocycles. The summed E-state index contributed by atoms with van der Waals surface area (Å²) in [5.41, 5.74) is 1.91. The van der Waals surface area contributed by atoms with Crippen molar-refractivity contribution in [3.8, 4) is 0 Å². The zero-order chi connectivity index (χ0) is 15.6. The van der Waals surface area contributed by atoms with E-state index >= 15 is 0 Å². The van der Waals surface area contributed by atoms with Crippen LogP contribution in [0.25, 0.3) is 0 Å². The number of nitrogens with zero attached hydrogens (tertiary/aromatic N) is 1. The van der Waals surface area contributed by atoms with Crippen LogP contribution in [0.3, 0.4) is 0 Å². The van der Waals surface area contributed by atoms with Crippen molar-refractivity contribution < 1.29 is 4.79 Å². The number of hydrogen-bond acceptors (Lipinski definition) is 1. The van der Waals surface area contributed by atoms with Crippen LogP contribution in [-0.2, 0) is 6.54 Å². The zero-order valence-corrected chi connectivity index (χ0v) is 12.9. The number of unbranched alkanes of at least 4 members (excludes halogenated alkanes) is 2. The lowest BCUT2D eigenvalue weighted by atomic mass is 10.1. The number of hydrogen-bond donors (Lipinski definition) is 0. The molecule has 1 amide bonds. The van der Waals surface area contributed by atoms with Gasteiger partial charge in [0, 0.05) is 18.7 Å². The lowest BCUT2D eigenvalue weighted by molar-refractivity contribution is 0.0740. The van der Waals surface area contributed by atoms with E-state index in [0.717, 1.165) is 36.9 Å². The molecule has 0 N–H and O–H groups in total. The van der Waals surface area contributed by atoms with Crippen molar-refractivity contribution in [1.29, 1.82) is 0 Å². The maximum Gasteiger partial charge on any atom is 0.254 e. The number of amides is 1. The molecule has 0 aliphatic carbocycles. The predicted octanol–water partition coefficient (Wildman–Crippen LogP) is 4.69. The van der Waals surface area contributed by atoms with Gasteiger partial charge in [0.1, 0.15) is 0 Å². The van der Waals surface area contributed by atoms with Crippen LogP contribution < -0.4 is 0 Å². The van der Waals surface area contributed by atoms with Gasteiger partial charge in [-0.1, -0.05) is 54.6 Å². The first-order valence-corrected chi connectivity index (χ1v) is 7.80. The fourth-order valence-electron chi connectivity index (χ4n) is 2.41. The van der Waals surface area contributed by atoms with Gasteiger partial charge in [0.25, 0.3) is 5.91 Å². The van der Waals surface area contributed by atoms with Crippen LogP contribution >= 0.6 is 0 Å². The van der Waals surface area contributed by atoms with E-state index in [9.17, 15) is 4.79 Å². The Balaban J connectivity index is 2.06. The largest absolute Gasteiger partial charge is 0.334 e. The van der Waals surface area contributed by atoms with Gasteiger partial charge in [-0.15, -0.1) is 6.58 Å². The number of benzene rings is 2. The third-order valence-corrected chi connectivity index (χ3v) is 3.61. The van der Waals surface area contributed by atoms with E-state index in [-0.39, 0.29) is 5.91 Å². The molecule has 0 aliphatic heterocycles. The molecular formula is C20H23NO. The summed E-state index contributed by atoms with van der Waals surface area (Å²) in [6, 6.07) is 19.7. The lowest BCUT2D eigenvalue weighted by Gasteiger charge is -2.23. The standard InChI is InChI=1S/C20H23NO/c1-2-3-4-11-16-21(17-18-12-7-5-8-13-18)20(22)19-14-9-6-10-15-19/h2,5-10,12-15H,1,3-4,11,16-17H2. The third kappa shape index (κ3) is 4.88. The van der Waals surface area contributed by atoms with Crippen molar-refractivity contribution in [1.82, 2.24) is 4.90 Å². The minimum Gasteiger partial charge on any atom is -0.334 e. The van der Waals surface area contributed by atoms with E-state index in [1.807, 2.05) is 59.5 Å². The highest BCUT2D eigenvalue weighted by molar-refractivity contribution is 5.94. The van der Waals surface area contributed by atoms with Gasteiger partial charge in [0.15, 0.2) is 0 Å². The molecule has 0 spiro atoms. The summed E-state index contributed by atoms with van der Waals surface area (Å²) < 4.78 is 0. The van der Waals surface area contributed by atoms with E-state index in [0.29, 0.717) is 6.54 Å². The van der Waals surface area contributed by atoms with Crippen LogP contribution in [0.5, 0.6) is 0 Å². The smallest absolute Gasteiger partial charge is 0.254 e. The molecule has 0 aromatic heterocycles. The Hall–Kier alpha value is -2.35. The maximum atomic E-state index is 12.7. The SMILES string of the molecule is C=CCCCCN(Cc1ccccc1)C(=O)c1ccccc1. The van der Waals surface area contributed by atoms with Gasteiger partial charge in [0.05, 0.1) is 0 Å². The van der Waals surface area contributed by atoms with Crippen molar-refractivity contribution in [2.75, 3.05) is 6.54 Å². The summed E-state index contributed by atoms with van der Waals surface area (Å²) >= 11 is 0. The Labute approximate surface area is 133 Å². The highest BCUT2D eigenvalue weighted by Crippen LogP contribution is 2.12. The average Bonchev–Trinajstić information content (AvgIpc) is 2.59. The minimum atomic E-state index is 0.100. The van der Waals surface area contributed by atoms with Gasteiger partial charge in [0.2, 0.25) is 0 Å². The molecule has 0 radical (unpaired) electrons. The van der Waals surface area contributed by atoms with E-state index in [4.69, 9.17) is 0 Å². The number of rotatable bonds is 8. The summed E-state index contributed by atoms with van der Waals surface area (Å²) in [4.78, 5) is 14.7. The Bertz CT molecular complexity index is 577.